The molecule has 0 bridgehead atoms. The second-order valence-corrected chi connectivity index (χ2v) is 8.77. The fourth-order valence-corrected chi connectivity index (χ4v) is 4.51. The van der Waals surface area contributed by atoms with Crippen LogP contribution in [0.3, 0.4) is 0 Å². The van der Waals surface area contributed by atoms with Crippen LogP contribution in [0.1, 0.15) is 15.9 Å². The van der Waals surface area contributed by atoms with Gasteiger partial charge in [0.2, 0.25) is 11.0 Å². The minimum Gasteiger partial charge on any atom is -0.336 e. The van der Waals surface area contributed by atoms with E-state index < -0.39 is 0 Å². The number of nitrogens with zero attached hydrogens (tertiary/aromatic N) is 4. The Kier molecular flexibility index (Phi) is 6.60. The highest BCUT2D eigenvalue weighted by atomic mass is 35.5. The number of halogens is 1. The van der Waals surface area contributed by atoms with Crippen LogP contribution in [0.15, 0.2) is 48.5 Å². The molecule has 1 aromatic heterocycles. The van der Waals surface area contributed by atoms with Crippen molar-refractivity contribution < 1.29 is 9.59 Å². The van der Waals surface area contributed by atoms with Gasteiger partial charge in [-0.1, -0.05) is 53.3 Å². The number of amides is 2. The number of benzene rings is 2. The Bertz CT molecular complexity index is 1090. The van der Waals surface area contributed by atoms with Crippen LogP contribution in [-0.2, 0) is 4.79 Å². The summed E-state index contributed by atoms with van der Waals surface area (Å²) >= 11 is 7.34. The zero-order valence-corrected chi connectivity index (χ0v) is 18.6. The van der Waals surface area contributed by atoms with E-state index in [1.54, 1.807) is 29.2 Å². The molecule has 1 fully saturated rings. The van der Waals surface area contributed by atoms with Crippen LogP contribution < -0.4 is 5.32 Å². The summed E-state index contributed by atoms with van der Waals surface area (Å²) in [5.41, 5.74) is 2.71. The molecule has 4 rings (SSSR count). The molecule has 0 spiro atoms. The average Bonchev–Trinajstić information content (AvgIpc) is 3.22. The number of nitrogens with one attached hydrogen (secondary N) is 1. The molecule has 0 atom stereocenters. The average molecular weight is 456 g/mol. The van der Waals surface area contributed by atoms with Gasteiger partial charge >= 0.3 is 0 Å². The van der Waals surface area contributed by atoms with Crippen LogP contribution in [0.25, 0.3) is 10.6 Å². The fraction of sp³-hybridized carbons (Fsp3) is 0.273. The number of carbonyl (C=O) groups is 2. The van der Waals surface area contributed by atoms with Crippen molar-refractivity contribution in [1.82, 2.24) is 20.0 Å². The SMILES string of the molecule is Cc1ccccc1-c1nnc(NC(=O)CN2CCN(C(=O)c3cccc(Cl)c3)CC2)s1. The predicted octanol–water partition coefficient (Wildman–Crippen LogP) is 3.56. The maximum absolute atomic E-state index is 12.6. The summed E-state index contributed by atoms with van der Waals surface area (Å²) in [5.74, 6) is -0.175. The van der Waals surface area contributed by atoms with Gasteiger partial charge in [0.05, 0.1) is 6.54 Å². The normalized spacial score (nSPS) is 14.5. The number of hydrogen-bond donors (Lipinski definition) is 1. The van der Waals surface area contributed by atoms with Gasteiger partial charge in [0, 0.05) is 42.3 Å². The second kappa shape index (κ2) is 9.55. The molecule has 3 aromatic rings. The minimum atomic E-state index is -0.137. The third-order valence-corrected chi connectivity index (χ3v) is 6.25. The van der Waals surface area contributed by atoms with Crippen LogP contribution in [0, 0.1) is 6.92 Å². The highest BCUT2D eigenvalue weighted by molar-refractivity contribution is 7.18. The minimum absolute atomic E-state index is 0.0378. The van der Waals surface area contributed by atoms with Gasteiger partial charge in [-0.25, -0.2) is 0 Å². The number of piperazine rings is 1. The van der Waals surface area contributed by atoms with Gasteiger partial charge in [-0.15, -0.1) is 10.2 Å². The molecular weight excluding hydrogens is 434 g/mol. The van der Waals surface area contributed by atoms with Gasteiger partial charge < -0.3 is 4.90 Å². The molecule has 160 valence electrons. The molecule has 1 N–H and O–H groups in total. The summed E-state index contributed by atoms with van der Waals surface area (Å²) in [4.78, 5) is 28.9. The molecule has 0 radical (unpaired) electrons. The molecular formula is C22H22ClN5O2S. The first-order chi connectivity index (χ1) is 15.0. The third kappa shape index (κ3) is 5.28. The zero-order chi connectivity index (χ0) is 21.8. The van der Waals surface area contributed by atoms with E-state index in [9.17, 15) is 9.59 Å². The molecule has 31 heavy (non-hydrogen) atoms. The Hall–Kier alpha value is -2.81. The van der Waals surface area contributed by atoms with Crippen LogP contribution in [0.5, 0.6) is 0 Å². The van der Waals surface area contributed by atoms with E-state index >= 15 is 0 Å². The van der Waals surface area contributed by atoms with Crippen molar-refractivity contribution >= 4 is 39.9 Å². The lowest BCUT2D eigenvalue weighted by atomic mass is 10.1. The fourth-order valence-electron chi connectivity index (χ4n) is 3.47. The molecule has 0 unspecified atom stereocenters. The highest BCUT2D eigenvalue weighted by Gasteiger charge is 2.23. The molecule has 1 saturated heterocycles. The van der Waals surface area contributed by atoms with Crippen molar-refractivity contribution in [2.75, 3.05) is 38.0 Å². The maximum atomic E-state index is 12.6. The molecule has 2 heterocycles. The molecule has 0 aliphatic carbocycles. The lowest BCUT2D eigenvalue weighted by Gasteiger charge is -2.34. The molecule has 0 saturated carbocycles. The van der Waals surface area contributed by atoms with Crippen molar-refractivity contribution in [3.63, 3.8) is 0 Å². The van der Waals surface area contributed by atoms with Crippen molar-refractivity contribution in [2.45, 2.75) is 6.92 Å². The van der Waals surface area contributed by atoms with E-state index in [0.717, 1.165) is 16.1 Å². The van der Waals surface area contributed by atoms with Gasteiger partial charge in [-0.2, -0.15) is 0 Å². The quantitative estimate of drug-likeness (QED) is 0.636. The molecule has 9 heteroatoms. The van der Waals surface area contributed by atoms with Gasteiger partial charge in [0.15, 0.2) is 0 Å². The second-order valence-electron chi connectivity index (χ2n) is 7.35. The largest absolute Gasteiger partial charge is 0.336 e. The summed E-state index contributed by atoms with van der Waals surface area (Å²) < 4.78 is 0. The molecule has 1 aliphatic rings. The van der Waals surface area contributed by atoms with Crippen molar-refractivity contribution in [3.8, 4) is 10.6 Å². The zero-order valence-electron chi connectivity index (χ0n) is 17.0. The Balaban J connectivity index is 1.28. The molecule has 2 amide bonds. The topological polar surface area (TPSA) is 78.4 Å². The summed E-state index contributed by atoms with van der Waals surface area (Å²) in [5, 5.41) is 12.9. The van der Waals surface area contributed by atoms with Crippen LogP contribution in [0.2, 0.25) is 5.02 Å². The summed E-state index contributed by atoms with van der Waals surface area (Å²) in [6.45, 7) is 4.66. The number of anilines is 1. The van der Waals surface area contributed by atoms with E-state index in [2.05, 4.69) is 15.5 Å². The third-order valence-electron chi connectivity index (χ3n) is 5.15. The van der Waals surface area contributed by atoms with Crippen LogP contribution in [-0.4, -0.2) is 64.5 Å². The Labute approximate surface area is 189 Å². The predicted molar refractivity (Wildman–Crippen MR) is 123 cm³/mol. The van der Waals surface area contributed by atoms with E-state index in [4.69, 9.17) is 11.6 Å². The van der Waals surface area contributed by atoms with E-state index in [1.165, 1.54) is 11.3 Å². The first-order valence-corrected chi connectivity index (χ1v) is 11.2. The highest BCUT2D eigenvalue weighted by Crippen LogP contribution is 2.28. The van der Waals surface area contributed by atoms with Crippen LogP contribution >= 0.6 is 22.9 Å². The molecule has 7 nitrogen and oxygen atoms in total. The van der Waals surface area contributed by atoms with Gasteiger partial charge in [0.25, 0.3) is 5.91 Å². The Morgan fingerprint density at radius 1 is 1.06 bits per heavy atom. The first kappa shape index (κ1) is 21.4. The number of carbonyl (C=O) groups excluding carboxylic acids is 2. The van der Waals surface area contributed by atoms with Gasteiger partial charge in [-0.3, -0.25) is 19.8 Å². The Morgan fingerprint density at radius 3 is 2.58 bits per heavy atom. The molecule has 2 aromatic carbocycles. The number of aryl methyl sites for hydroxylation is 1. The standard InChI is InChI=1S/C22H22ClN5O2S/c1-15-5-2-3-8-18(15)20-25-26-22(31-20)24-19(29)14-27-9-11-28(12-10-27)21(30)16-6-4-7-17(23)13-16/h2-8,13H,9-12,14H2,1H3,(H,24,26,29). The van der Waals surface area contributed by atoms with Gasteiger partial charge in [-0.05, 0) is 30.7 Å². The number of aromatic nitrogens is 2. The van der Waals surface area contributed by atoms with E-state index in [0.29, 0.717) is 41.9 Å². The van der Waals surface area contributed by atoms with Crippen LogP contribution in [0.4, 0.5) is 5.13 Å². The van der Waals surface area contributed by atoms with E-state index in [-0.39, 0.29) is 18.4 Å². The smallest absolute Gasteiger partial charge is 0.253 e. The molecule has 1 aliphatic heterocycles. The van der Waals surface area contributed by atoms with E-state index in [1.807, 2.05) is 36.1 Å². The summed E-state index contributed by atoms with van der Waals surface area (Å²) in [6.07, 6.45) is 0. The number of rotatable bonds is 5. The van der Waals surface area contributed by atoms with Gasteiger partial charge in [0.1, 0.15) is 5.01 Å². The monoisotopic (exact) mass is 455 g/mol. The van der Waals surface area contributed by atoms with Crippen molar-refractivity contribution in [3.05, 3.63) is 64.7 Å². The van der Waals surface area contributed by atoms with Crippen molar-refractivity contribution in [1.29, 1.82) is 0 Å². The van der Waals surface area contributed by atoms with Crippen molar-refractivity contribution in [2.24, 2.45) is 0 Å². The summed E-state index contributed by atoms with van der Waals surface area (Å²) in [7, 11) is 0. The Morgan fingerprint density at radius 2 is 1.84 bits per heavy atom. The number of hydrogen-bond acceptors (Lipinski definition) is 6. The summed E-state index contributed by atoms with van der Waals surface area (Å²) in [6, 6.07) is 14.9. The lowest BCUT2D eigenvalue weighted by Crippen LogP contribution is -2.50. The lowest BCUT2D eigenvalue weighted by molar-refractivity contribution is -0.117. The first-order valence-electron chi connectivity index (χ1n) is 9.96. The maximum Gasteiger partial charge on any atom is 0.253 e.